The van der Waals surface area contributed by atoms with Crippen molar-refractivity contribution in [3.8, 4) is 17.2 Å². The van der Waals surface area contributed by atoms with Crippen LogP contribution in [0.5, 0.6) is 17.2 Å². The Balaban J connectivity index is 1.59. The van der Waals surface area contributed by atoms with Crippen LogP contribution in [0.4, 0.5) is 0 Å². The van der Waals surface area contributed by atoms with E-state index in [0.29, 0.717) is 22.3 Å². The summed E-state index contributed by atoms with van der Waals surface area (Å²) in [5, 5.41) is 0.477. The van der Waals surface area contributed by atoms with E-state index in [4.69, 9.17) is 30.5 Å². The first kappa shape index (κ1) is 15.6. The van der Waals surface area contributed by atoms with Crippen molar-refractivity contribution in [2.75, 3.05) is 6.61 Å². The second-order valence-corrected chi connectivity index (χ2v) is 5.38. The lowest BCUT2D eigenvalue weighted by molar-refractivity contribution is -0.0375. The standard InChI is InChI=1S/C18H17ClO4/c1-2-18-21-12-15(23-18)11-20-17-9-8-14(10-16(17)19)22-13-6-4-3-5-7-13/h3-10,12,18H,2,11H2,1H3. The van der Waals surface area contributed by atoms with Crippen LogP contribution in [0.15, 0.2) is 60.6 Å². The van der Waals surface area contributed by atoms with E-state index >= 15 is 0 Å². The highest BCUT2D eigenvalue weighted by Crippen LogP contribution is 2.31. The SMILES string of the molecule is CCC1OC=C(COc2ccc(Oc3ccccc3)cc2Cl)O1. The van der Waals surface area contributed by atoms with Gasteiger partial charge in [-0.15, -0.1) is 0 Å². The summed E-state index contributed by atoms with van der Waals surface area (Å²) in [4.78, 5) is 0. The zero-order valence-corrected chi connectivity index (χ0v) is 13.5. The highest BCUT2D eigenvalue weighted by Gasteiger charge is 2.18. The minimum atomic E-state index is -0.217. The maximum absolute atomic E-state index is 6.24. The fourth-order valence-corrected chi connectivity index (χ4v) is 2.28. The second-order valence-electron chi connectivity index (χ2n) is 4.97. The molecule has 0 spiro atoms. The average molecular weight is 333 g/mol. The summed E-state index contributed by atoms with van der Waals surface area (Å²) >= 11 is 6.24. The summed E-state index contributed by atoms with van der Waals surface area (Å²) in [6.07, 6.45) is 2.15. The molecule has 5 heteroatoms. The number of benzene rings is 2. The molecular weight excluding hydrogens is 316 g/mol. The number of ether oxygens (including phenoxy) is 4. The van der Waals surface area contributed by atoms with Crippen LogP contribution in [0.1, 0.15) is 13.3 Å². The minimum absolute atomic E-state index is 0.217. The first-order valence-corrected chi connectivity index (χ1v) is 7.79. The van der Waals surface area contributed by atoms with Gasteiger partial charge in [0.2, 0.25) is 6.29 Å². The summed E-state index contributed by atoms with van der Waals surface area (Å²) in [6.45, 7) is 2.26. The fourth-order valence-electron chi connectivity index (χ4n) is 2.06. The Kier molecular flexibility index (Phi) is 4.93. The van der Waals surface area contributed by atoms with Gasteiger partial charge in [-0.2, -0.15) is 0 Å². The van der Waals surface area contributed by atoms with E-state index in [1.165, 1.54) is 0 Å². The van der Waals surface area contributed by atoms with E-state index in [-0.39, 0.29) is 12.9 Å². The van der Waals surface area contributed by atoms with Gasteiger partial charge in [-0.3, -0.25) is 0 Å². The molecule has 0 N–H and O–H groups in total. The zero-order valence-electron chi connectivity index (χ0n) is 12.7. The molecule has 0 aromatic heterocycles. The van der Waals surface area contributed by atoms with Crippen molar-refractivity contribution >= 4 is 11.6 Å². The summed E-state index contributed by atoms with van der Waals surface area (Å²) < 4.78 is 22.2. The van der Waals surface area contributed by atoms with Crippen molar-refractivity contribution in [1.29, 1.82) is 0 Å². The molecule has 4 nitrogen and oxygen atoms in total. The lowest BCUT2D eigenvalue weighted by Crippen LogP contribution is -2.09. The lowest BCUT2D eigenvalue weighted by Gasteiger charge is -2.12. The van der Waals surface area contributed by atoms with E-state index in [0.717, 1.165) is 12.2 Å². The molecular formula is C18H17ClO4. The molecule has 2 aromatic rings. The van der Waals surface area contributed by atoms with E-state index in [1.807, 2.05) is 43.3 Å². The highest BCUT2D eigenvalue weighted by atomic mass is 35.5. The maximum atomic E-state index is 6.24. The Bertz CT molecular complexity index is 685. The van der Waals surface area contributed by atoms with Gasteiger partial charge in [-0.25, -0.2) is 0 Å². The number of hydrogen-bond acceptors (Lipinski definition) is 4. The van der Waals surface area contributed by atoms with Gasteiger partial charge in [0.05, 0.1) is 5.02 Å². The predicted octanol–water partition coefficient (Wildman–Crippen LogP) is 5.14. The molecule has 0 amide bonds. The number of rotatable bonds is 6. The van der Waals surface area contributed by atoms with Crippen molar-refractivity contribution in [2.24, 2.45) is 0 Å². The van der Waals surface area contributed by atoms with Gasteiger partial charge >= 0.3 is 0 Å². The Hall–Kier alpha value is -2.33. The quantitative estimate of drug-likeness (QED) is 0.734. The van der Waals surface area contributed by atoms with Crippen LogP contribution < -0.4 is 9.47 Å². The van der Waals surface area contributed by atoms with Crippen molar-refractivity contribution in [1.82, 2.24) is 0 Å². The average Bonchev–Trinajstić information content (AvgIpc) is 3.03. The second kappa shape index (κ2) is 7.29. The van der Waals surface area contributed by atoms with Gasteiger partial charge in [0.1, 0.15) is 30.1 Å². The van der Waals surface area contributed by atoms with Gasteiger partial charge in [-0.05, 0) is 24.3 Å². The molecule has 0 bridgehead atoms. The third-order valence-corrected chi connectivity index (χ3v) is 3.51. The van der Waals surface area contributed by atoms with Crippen molar-refractivity contribution < 1.29 is 18.9 Å². The number of hydrogen-bond donors (Lipinski definition) is 0. The van der Waals surface area contributed by atoms with Gasteiger partial charge < -0.3 is 18.9 Å². The summed E-state index contributed by atoms with van der Waals surface area (Å²) in [5.74, 6) is 2.62. The van der Waals surface area contributed by atoms with E-state index in [2.05, 4.69) is 0 Å². The van der Waals surface area contributed by atoms with Crippen LogP contribution in [-0.2, 0) is 9.47 Å². The Morgan fingerprint density at radius 2 is 1.91 bits per heavy atom. The van der Waals surface area contributed by atoms with Crippen molar-refractivity contribution in [3.05, 3.63) is 65.6 Å². The third-order valence-electron chi connectivity index (χ3n) is 3.22. The Labute approximate surface area is 140 Å². The molecule has 1 aliphatic rings. The molecule has 1 unspecified atom stereocenters. The van der Waals surface area contributed by atoms with E-state index in [1.54, 1.807) is 18.4 Å². The minimum Gasteiger partial charge on any atom is -0.484 e. The molecule has 0 aliphatic carbocycles. The van der Waals surface area contributed by atoms with Crippen LogP contribution in [0, 0.1) is 0 Å². The van der Waals surface area contributed by atoms with Crippen LogP contribution in [0.25, 0.3) is 0 Å². The van der Waals surface area contributed by atoms with Crippen molar-refractivity contribution in [2.45, 2.75) is 19.6 Å². The normalized spacial score (nSPS) is 16.3. The topological polar surface area (TPSA) is 36.9 Å². The van der Waals surface area contributed by atoms with Gasteiger partial charge in [0, 0.05) is 12.5 Å². The third kappa shape index (κ3) is 4.11. The molecule has 0 saturated heterocycles. The Morgan fingerprint density at radius 3 is 2.61 bits per heavy atom. The van der Waals surface area contributed by atoms with Crippen LogP contribution in [0.2, 0.25) is 5.02 Å². The fraction of sp³-hybridized carbons (Fsp3) is 0.222. The lowest BCUT2D eigenvalue weighted by atomic mass is 10.3. The first-order valence-electron chi connectivity index (χ1n) is 7.41. The molecule has 120 valence electrons. The molecule has 0 saturated carbocycles. The highest BCUT2D eigenvalue weighted by molar-refractivity contribution is 6.32. The molecule has 1 heterocycles. The van der Waals surface area contributed by atoms with Crippen molar-refractivity contribution in [3.63, 3.8) is 0 Å². The molecule has 1 atom stereocenters. The van der Waals surface area contributed by atoms with Crippen LogP contribution >= 0.6 is 11.6 Å². The van der Waals surface area contributed by atoms with Gasteiger partial charge in [0.25, 0.3) is 0 Å². The number of halogens is 1. The molecule has 0 radical (unpaired) electrons. The largest absolute Gasteiger partial charge is 0.484 e. The summed E-state index contributed by atoms with van der Waals surface area (Å²) in [7, 11) is 0. The number of para-hydroxylation sites is 1. The summed E-state index contributed by atoms with van der Waals surface area (Å²) in [6, 6.07) is 14.8. The summed E-state index contributed by atoms with van der Waals surface area (Å²) in [5.41, 5.74) is 0. The zero-order chi connectivity index (χ0) is 16.1. The van der Waals surface area contributed by atoms with E-state index < -0.39 is 0 Å². The first-order chi connectivity index (χ1) is 11.2. The van der Waals surface area contributed by atoms with Crippen LogP contribution in [-0.4, -0.2) is 12.9 Å². The molecule has 23 heavy (non-hydrogen) atoms. The smallest absolute Gasteiger partial charge is 0.240 e. The molecule has 2 aromatic carbocycles. The molecule has 1 aliphatic heterocycles. The van der Waals surface area contributed by atoms with Gasteiger partial charge in [0.15, 0.2) is 5.76 Å². The maximum Gasteiger partial charge on any atom is 0.240 e. The molecule has 3 rings (SSSR count). The Morgan fingerprint density at radius 1 is 1.09 bits per heavy atom. The van der Waals surface area contributed by atoms with Crippen LogP contribution in [0.3, 0.4) is 0 Å². The predicted molar refractivity (Wildman–Crippen MR) is 87.8 cm³/mol. The molecule has 0 fully saturated rings. The van der Waals surface area contributed by atoms with E-state index in [9.17, 15) is 0 Å². The monoisotopic (exact) mass is 332 g/mol. The van der Waals surface area contributed by atoms with Gasteiger partial charge in [-0.1, -0.05) is 36.7 Å².